The van der Waals surface area contributed by atoms with E-state index in [9.17, 15) is 0 Å². The summed E-state index contributed by atoms with van der Waals surface area (Å²) in [6.07, 6.45) is 0.831. The Balaban J connectivity index is 3.50. The Morgan fingerprint density at radius 2 is 2.00 bits per heavy atom. The maximum absolute atomic E-state index is 5.63. The SMILES string of the molecule is C=C(C)C[C@@H](N)[C@H](C)N. The van der Waals surface area contributed by atoms with Crippen molar-refractivity contribution in [3.63, 3.8) is 0 Å². The topological polar surface area (TPSA) is 52.0 Å². The average Bonchev–Trinajstić information content (AvgIpc) is 1.63. The Labute approximate surface area is 56.9 Å². The fraction of sp³-hybridized carbons (Fsp3) is 0.714. The summed E-state index contributed by atoms with van der Waals surface area (Å²) in [4.78, 5) is 0. The Kier molecular flexibility index (Phi) is 3.50. The maximum Gasteiger partial charge on any atom is 0.0227 e. The molecule has 0 unspecified atom stereocenters. The van der Waals surface area contributed by atoms with Gasteiger partial charge in [0.05, 0.1) is 0 Å². The van der Waals surface area contributed by atoms with Crippen LogP contribution in [0.2, 0.25) is 0 Å². The standard InChI is InChI=1S/C7H16N2/c1-5(2)4-7(9)6(3)8/h6-7H,1,4,8-9H2,2-3H3/t6-,7+/m0/s1. The quantitative estimate of drug-likeness (QED) is 0.548. The zero-order valence-corrected chi connectivity index (χ0v) is 6.22. The smallest absolute Gasteiger partial charge is 0.0227 e. The summed E-state index contributed by atoms with van der Waals surface area (Å²) in [5.74, 6) is 0. The molecule has 0 aliphatic carbocycles. The lowest BCUT2D eigenvalue weighted by molar-refractivity contribution is 0.556. The highest BCUT2D eigenvalue weighted by atomic mass is 14.8. The molecular weight excluding hydrogens is 112 g/mol. The minimum Gasteiger partial charge on any atom is -0.327 e. The molecule has 0 aromatic carbocycles. The minimum absolute atomic E-state index is 0.0710. The van der Waals surface area contributed by atoms with Gasteiger partial charge in [-0.25, -0.2) is 0 Å². The van der Waals surface area contributed by atoms with Crippen LogP contribution in [0.1, 0.15) is 20.3 Å². The normalized spacial score (nSPS) is 16.9. The zero-order valence-electron chi connectivity index (χ0n) is 6.22. The first kappa shape index (κ1) is 8.66. The molecule has 2 nitrogen and oxygen atoms in total. The summed E-state index contributed by atoms with van der Waals surface area (Å²) in [7, 11) is 0. The van der Waals surface area contributed by atoms with E-state index >= 15 is 0 Å². The molecule has 54 valence electrons. The number of hydrogen-bond donors (Lipinski definition) is 2. The predicted octanol–water partition coefficient (Wildman–Crippen LogP) is 0.627. The molecule has 9 heavy (non-hydrogen) atoms. The van der Waals surface area contributed by atoms with Crippen molar-refractivity contribution in [2.24, 2.45) is 11.5 Å². The van der Waals surface area contributed by atoms with Crippen molar-refractivity contribution in [3.05, 3.63) is 12.2 Å². The summed E-state index contributed by atoms with van der Waals surface area (Å²) in [6, 6.07) is 0.143. The third-order valence-electron chi connectivity index (χ3n) is 1.26. The molecule has 0 rings (SSSR count). The van der Waals surface area contributed by atoms with Gasteiger partial charge >= 0.3 is 0 Å². The molecule has 0 amide bonds. The summed E-state index contributed by atoms with van der Waals surface area (Å²) < 4.78 is 0. The average molecular weight is 128 g/mol. The molecule has 0 aliphatic rings. The van der Waals surface area contributed by atoms with E-state index in [1.807, 2.05) is 13.8 Å². The number of hydrogen-bond acceptors (Lipinski definition) is 2. The van der Waals surface area contributed by atoms with E-state index in [2.05, 4.69) is 6.58 Å². The number of nitrogens with two attached hydrogens (primary N) is 2. The van der Waals surface area contributed by atoms with Crippen molar-refractivity contribution < 1.29 is 0 Å². The van der Waals surface area contributed by atoms with Crippen LogP contribution < -0.4 is 11.5 Å². The monoisotopic (exact) mass is 128 g/mol. The van der Waals surface area contributed by atoms with Crippen molar-refractivity contribution >= 4 is 0 Å². The van der Waals surface area contributed by atoms with E-state index in [1.165, 1.54) is 0 Å². The highest BCUT2D eigenvalue weighted by Gasteiger charge is 2.06. The van der Waals surface area contributed by atoms with E-state index in [1.54, 1.807) is 0 Å². The van der Waals surface area contributed by atoms with Crippen LogP contribution in [0.4, 0.5) is 0 Å². The summed E-state index contributed by atoms with van der Waals surface area (Å²) >= 11 is 0. The lowest BCUT2D eigenvalue weighted by Gasteiger charge is -2.14. The summed E-state index contributed by atoms with van der Waals surface area (Å²) in [5.41, 5.74) is 12.2. The van der Waals surface area contributed by atoms with E-state index in [0.717, 1.165) is 12.0 Å². The third-order valence-corrected chi connectivity index (χ3v) is 1.26. The summed E-state index contributed by atoms with van der Waals surface area (Å²) in [5, 5.41) is 0. The molecular formula is C7H16N2. The second-order valence-electron chi connectivity index (χ2n) is 2.68. The van der Waals surface area contributed by atoms with Gasteiger partial charge in [-0.3, -0.25) is 0 Å². The van der Waals surface area contributed by atoms with Gasteiger partial charge in [-0.05, 0) is 20.3 Å². The van der Waals surface area contributed by atoms with Crippen molar-refractivity contribution in [3.8, 4) is 0 Å². The van der Waals surface area contributed by atoms with Gasteiger partial charge in [0, 0.05) is 12.1 Å². The molecule has 4 N–H and O–H groups in total. The van der Waals surface area contributed by atoms with Crippen LogP contribution in [0, 0.1) is 0 Å². The van der Waals surface area contributed by atoms with Crippen molar-refractivity contribution in [2.45, 2.75) is 32.4 Å². The van der Waals surface area contributed by atoms with E-state index in [4.69, 9.17) is 11.5 Å². The van der Waals surface area contributed by atoms with E-state index < -0.39 is 0 Å². The molecule has 0 aromatic rings. The number of rotatable bonds is 3. The van der Waals surface area contributed by atoms with E-state index in [-0.39, 0.29) is 12.1 Å². The second kappa shape index (κ2) is 3.64. The van der Waals surface area contributed by atoms with E-state index in [0.29, 0.717) is 0 Å². The Morgan fingerprint density at radius 1 is 1.56 bits per heavy atom. The Morgan fingerprint density at radius 3 is 2.11 bits per heavy atom. The molecule has 0 saturated heterocycles. The van der Waals surface area contributed by atoms with Gasteiger partial charge in [0.15, 0.2) is 0 Å². The highest BCUT2D eigenvalue weighted by molar-refractivity contribution is 4.93. The highest BCUT2D eigenvalue weighted by Crippen LogP contribution is 2.00. The van der Waals surface area contributed by atoms with Crippen LogP contribution in [0.25, 0.3) is 0 Å². The summed E-state index contributed by atoms with van der Waals surface area (Å²) in [6.45, 7) is 7.61. The maximum atomic E-state index is 5.63. The van der Waals surface area contributed by atoms with Crippen LogP contribution in [0.3, 0.4) is 0 Å². The largest absolute Gasteiger partial charge is 0.327 e. The molecule has 0 fully saturated rings. The molecule has 0 spiro atoms. The van der Waals surface area contributed by atoms with Crippen molar-refractivity contribution in [2.75, 3.05) is 0 Å². The molecule has 2 atom stereocenters. The first-order valence-corrected chi connectivity index (χ1v) is 3.19. The Bertz CT molecular complexity index is 97.1. The van der Waals surface area contributed by atoms with Gasteiger partial charge in [-0.2, -0.15) is 0 Å². The first-order valence-electron chi connectivity index (χ1n) is 3.19. The van der Waals surface area contributed by atoms with Crippen LogP contribution in [0.5, 0.6) is 0 Å². The van der Waals surface area contributed by atoms with Gasteiger partial charge in [0.25, 0.3) is 0 Å². The molecule has 0 heterocycles. The molecule has 0 saturated carbocycles. The second-order valence-corrected chi connectivity index (χ2v) is 2.68. The zero-order chi connectivity index (χ0) is 7.44. The van der Waals surface area contributed by atoms with Gasteiger partial charge < -0.3 is 11.5 Å². The molecule has 0 aliphatic heterocycles. The van der Waals surface area contributed by atoms with Crippen molar-refractivity contribution in [1.82, 2.24) is 0 Å². The molecule has 0 aromatic heterocycles. The third kappa shape index (κ3) is 4.18. The van der Waals surface area contributed by atoms with Crippen LogP contribution >= 0.6 is 0 Å². The van der Waals surface area contributed by atoms with Gasteiger partial charge in [0.1, 0.15) is 0 Å². The lowest BCUT2D eigenvalue weighted by Crippen LogP contribution is -2.38. The lowest BCUT2D eigenvalue weighted by atomic mass is 10.0. The molecule has 0 bridgehead atoms. The molecule has 0 radical (unpaired) electrons. The molecule has 2 heteroatoms. The van der Waals surface area contributed by atoms with Gasteiger partial charge in [-0.1, -0.05) is 5.57 Å². The fourth-order valence-electron chi connectivity index (χ4n) is 0.588. The van der Waals surface area contributed by atoms with Crippen LogP contribution in [-0.2, 0) is 0 Å². The van der Waals surface area contributed by atoms with Crippen LogP contribution in [-0.4, -0.2) is 12.1 Å². The van der Waals surface area contributed by atoms with Crippen LogP contribution in [0.15, 0.2) is 12.2 Å². The fourth-order valence-corrected chi connectivity index (χ4v) is 0.588. The van der Waals surface area contributed by atoms with Gasteiger partial charge in [0.2, 0.25) is 0 Å². The van der Waals surface area contributed by atoms with Gasteiger partial charge in [-0.15, -0.1) is 6.58 Å². The predicted molar refractivity (Wildman–Crippen MR) is 41.1 cm³/mol. The Hall–Kier alpha value is -0.340. The minimum atomic E-state index is 0.0710. The van der Waals surface area contributed by atoms with Crippen molar-refractivity contribution in [1.29, 1.82) is 0 Å². The first-order chi connectivity index (χ1) is 4.04.